The van der Waals surface area contributed by atoms with Gasteiger partial charge in [-0.25, -0.2) is 14.4 Å². The Morgan fingerprint density at radius 2 is 1.78 bits per heavy atom. The molecule has 0 aliphatic carbocycles. The standard InChI is InChI=1S/C13H13FIN3/c1-7(2)11-10(15)12(16)18-13(17-11)8-3-5-9(14)6-4-8/h3-7H,1-2H3,(H2,16,17,18). The first-order chi connectivity index (χ1) is 8.49. The second-order valence-electron chi connectivity index (χ2n) is 4.29. The van der Waals surface area contributed by atoms with Crippen molar-refractivity contribution in [2.75, 3.05) is 5.73 Å². The second kappa shape index (κ2) is 5.17. The molecular formula is C13H13FIN3. The van der Waals surface area contributed by atoms with Gasteiger partial charge in [-0.1, -0.05) is 13.8 Å². The van der Waals surface area contributed by atoms with E-state index in [2.05, 4.69) is 46.4 Å². The number of rotatable bonds is 2. The number of nitrogen functional groups attached to an aromatic ring is 1. The van der Waals surface area contributed by atoms with E-state index in [0.29, 0.717) is 11.6 Å². The van der Waals surface area contributed by atoms with Crippen LogP contribution < -0.4 is 5.73 Å². The maximum Gasteiger partial charge on any atom is 0.161 e. The molecule has 1 aromatic heterocycles. The van der Waals surface area contributed by atoms with Gasteiger partial charge in [0.15, 0.2) is 5.82 Å². The van der Waals surface area contributed by atoms with Crippen LogP contribution in [0.5, 0.6) is 0 Å². The summed E-state index contributed by atoms with van der Waals surface area (Å²) in [5.41, 5.74) is 7.58. The summed E-state index contributed by atoms with van der Waals surface area (Å²) in [5, 5.41) is 0. The lowest BCUT2D eigenvalue weighted by molar-refractivity contribution is 0.628. The van der Waals surface area contributed by atoms with Crippen LogP contribution in [0.2, 0.25) is 0 Å². The third-order valence-electron chi connectivity index (χ3n) is 2.55. The highest BCUT2D eigenvalue weighted by Crippen LogP contribution is 2.26. The molecule has 2 aromatic rings. The van der Waals surface area contributed by atoms with E-state index in [0.717, 1.165) is 14.8 Å². The first-order valence-corrected chi connectivity index (χ1v) is 6.65. The van der Waals surface area contributed by atoms with Gasteiger partial charge in [0, 0.05) is 5.56 Å². The minimum absolute atomic E-state index is 0.265. The Morgan fingerprint density at radius 1 is 1.17 bits per heavy atom. The average Bonchev–Trinajstić information content (AvgIpc) is 2.33. The average molecular weight is 357 g/mol. The summed E-state index contributed by atoms with van der Waals surface area (Å²) in [6.07, 6.45) is 0. The van der Waals surface area contributed by atoms with E-state index in [1.165, 1.54) is 12.1 Å². The molecule has 94 valence electrons. The van der Waals surface area contributed by atoms with E-state index >= 15 is 0 Å². The number of nitrogens with two attached hydrogens (primary N) is 1. The SMILES string of the molecule is CC(C)c1nc(-c2ccc(F)cc2)nc(N)c1I. The third-order valence-corrected chi connectivity index (χ3v) is 3.66. The fraction of sp³-hybridized carbons (Fsp3) is 0.231. The molecule has 0 saturated carbocycles. The molecule has 0 saturated heterocycles. The van der Waals surface area contributed by atoms with Gasteiger partial charge in [-0.05, 0) is 52.8 Å². The summed E-state index contributed by atoms with van der Waals surface area (Å²) in [4.78, 5) is 8.76. The van der Waals surface area contributed by atoms with Crippen LogP contribution in [0.15, 0.2) is 24.3 Å². The number of aromatic nitrogens is 2. The Hall–Kier alpha value is -1.24. The van der Waals surface area contributed by atoms with Gasteiger partial charge in [0.05, 0.1) is 9.26 Å². The first-order valence-electron chi connectivity index (χ1n) is 5.58. The summed E-state index contributed by atoms with van der Waals surface area (Å²) in [5.74, 6) is 0.993. The third kappa shape index (κ3) is 2.60. The summed E-state index contributed by atoms with van der Waals surface area (Å²) >= 11 is 2.15. The van der Waals surface area contributed by atoms with Crippen LogP contribution in [0.1, 0.15) is 25.5 Å². The van der Waals surface area contributed by atoms with E-state index in [-0.39, 0.29) is 11.7 Å². The molecule has 0 radical (unpaired) electrons. The molecule has 0 aliphatic rings. The maximum absolute atomic E-state index is 12.9. The van der Waals surface area contributed by atoms with Crippen LogP contribution in [0, 0.1) is 9.39 Å². The molecule has 1 aromatic carbocycles. The van der Waals surface area contributed by atoms with Gasteiger partial charge in [0.2, 0.25) is 0 Å². The summed E-state index contributed by atoms with van der Waals surface area (Å²) in [7, 11) is 0. The lowest BCUT2D eigenvalue weighted by Crippen LogP contribution is -2.06. The van der Waals surface area contributed by atoms with Crippen molar-refractivity contribution in [3.63, 3.8) is 0 Å². The van der Waals surface area contributed by atoms with Gasteiger partial charge < -0.3 is 5.73 Å². The van der Waals surface area contributed by atoms with Gasteiger partial charge in [0.1, 0.15) is 11.6 Å². The Morgan fingerprint density at radius 3 is 2.33 bits per heavy atom. The largest absolute Gasteiger partial charge is 0.383 e. The normalized spacial score (nSPS) is 10.9. The van der Waals surface area contributed by atoms with E-state index in [9.17, 15) is 4.39 Å². The summed E-state index contributed by atoms with van der Waals surface area (Å²) < 4.78 is 13.8. The number of hydrogen-bond acceptors (Lipinski definition) is 3. The molecule has 5 heteroatoms. The molecule has 0 aliphatic heterocycles. The number of nitrogens with zero attached hydrogens (tertiary/aromatic N) is 2. The van der Waals surface area contributed by atoms with Crippen molar-refractivity contribution in [1.29, 1.82) is 0 Å². The van der Waals surface area contributed by atoms with Crippen molar-refractivity contribution in [3.05, 3.63) is 39.3 Å². The lowest BCUT2D eigenvalue weighted by Gasteiger charge is -2.11. The molecule has 3 nitrogen and oxygen atoms in total. The van der Waals surface area contributed by atoms with Crippen molar-refractivity contribution in [2.24, 2.45) is 0 Å². The van der Waals surface area contributed by atoms with E-state index in [4.69, 9.17) is 5.73 Å². The Balaban J connectivity index is 2.55. The fourth-order valence-electron chi connectivity index (χ4n) is 1.59. The van der Waals surface area contributed by atoms with Crippen LogP contribution in [-0.4, -0.2) is 9.97 Å². The zero-order valence-electron chi connectivity index (χ0n) is 10.1. The van der Waals surface area contributed by atoms with Gasteiger partial charge in [0.25, 0.3) is 0 Å². The molecule has 0 spiro atoms. The van der Waals surface area contributed by atoms with Crippen molar-refractivity contribution in [1.82, 2.24) is 9.97 Å². The molecule has 0 amide bonds. The van der Waals surface area contributed by atoms with E-state index < -0.39 is 0 Å². The van der Waals surface area contributed by atoms with E-state index in [1.807, 2.05) is 0 Å². The van der Waals surface area contributed by atoms with Crippen molar-refractivity contribution in [3.8, 4) is 11.4 Å². The summed E-state index contributed by atoms with van der Waals surface area (Å²) in [6.45, 7) is 4.11. The van der Waals surface area contributed by atoms with E-state index in [1.54, 1.807) is 12.1 Å². The highest BCUT2D eigenvalue weighted by Gasteiger charge is 2.13. The Kier molecular flexibility index (Phi) is 3.79. The highest BCUT2D eigenvalue weighted by atomic mass is 127. The molecule has 2 N–H and O–H groups in total. The summed E-state index contributed by atoms with van der Waals surface area (Å²) in [6, 6.07) is 6.09. The fourth-order valence-corrected chi connectivity index (χ4v) is 2.46. The topological polar surface area (TPSA) is 51.8 Å². The second-order valence-corrected chi connectivity index (χ2v) is 5.37. The molecule has 1 heterocycles. The zero-order valence-corrected chi connectivity index (χ0v) is 12.3. The maximum atomic E-state index is 12.9. The van der Waals surface area contributed by atoms with Crippen LogP contribution in [0.3, 0.4) is 0 Å². The van der Waals surface area contributed by atoms with Gasteiger partial charge in [-0.2, -0.15) is 0 Å². The minimum atomic E-state index is -0.277. The number of benzene rings is 1. The Bertz CT molecular complexity index is 567. The molecule has 18 heavy (non-hydrogen) atoms. The van der Waals surface area contributed by atoms with Crippen LogP contribution in [-0.2, 0) is 0 Å². The molecule has 0 fully saturated rings. The molecule has 0 atom stereocenters. The molecule has 0 bridgehead atoms. The van der Waals surface area contributed by atoms with Crippen molar-refractivity contribution < 1.29 is 4.39 Å². The lowest BCUT2D eigenvalue weighted by atomic mass is 10.1. The quantitative estimate of drug-likeness (QED) is 0.836. The molecular weight excluding hydrogens is 344 g/mol. The van der Waals surface area contributed by atoms with Crippen molar-refractivity contribution in [2.45, 2.75) is 19.8 Å². The van der Waals surface area contributed by atoms with Crippen LogP contribution >= 0.6 is 22.6 Å². The predicted molar refractivity (Wildman–Crippen MR) is 78.6 cm³/mol. The monoisotopic (exact) mass is 357 g/mol. The number of anilines is 1. The minimum Gasteiger partial charge on any atom is -0.383 e. The number of halogens is 2. The van der Waals surface area contributed by atoms with Crippen molar-refractivity contribution >= 4 is 28.4 Å². The van der Waals surface area contributed by atoms with Crippen LogP contribution in [0.4, 0.5) is 10.2 Å². The van der Waals surface area contributed by atoms with Gasteiger partial charge in [-0.15, -0.1) is 0 Å². The first kappa shape index (κ1) is 13.2. The molecule has 2 rings (SSSR count). The highest BCUT2D eigenvalue weighted by molar-refractivity contribution is 14.1. The van der Waals surface area contributed by atoms with Gasteiger partial charge >= 0.3 is 0 Å². The number of hydrogen-bond donors (Lipinski definition) is 1. The zero-order chi connectivity index (χ0) is 13.3. The van der Waals surface area contributed by atoms with Crippen LogP contribution in [0.25, 0.3) is 11.4 Å². The Labute approximate surface area is 119 Å². The molecule has 0 unspecified atom stereocenters. The van der Waals surface area contributed by atoms with Gasteiger partial charge in [-0.3, -0.25) is 0 Å². The smallest absolute Gasteiger partial charge is 0.161 e. The predicted octanol–water partition coefficient (Wildman–Crippen LogP) is 3.59.